The van der Waals surface area contributed by atoms with E-state index in [9.17, 15) is 27.9 Å². The second-order valence-corrected chi connectivity index (χ2v) is 7.40. The molecule has 0 saturated carbocycles. The Hall–Kier alpha value is -3.11. The van der Waals surface area contributed by atoms with Crippen molar-refractivity contribution in [3.8, 4) is 5.75 Å². The first-order chi connectivity index (χ1) is 12.1. The summed E-state index contributed by atoms with van der Waals surface area (Å²) in [5.74, 6) is -2.24. The number of carbonyl (C=O) groups is 1. The molecule has 0 aliphatic carbocycles. The summed E-state index contributed by atoms with van der Waals surface area (Å²) in [6, 6.07) is 6.28. The van der Waals surface area contributed by atoms with Crippen LogP contribution in [0.3, 0.4) is 0 Å². The number of carboxylic acids is 1. The predicted molar refractivity (Wildman–Crippen MR) is 91.5 cm³/mol. The SMILES string of the molecule is O=C(O)c1cc(S(=O)(=O)n2c(=O)[nH]c3cc(Cl)ccc3c2=O)ccc1O. The maximum absolute atomic E-state index is 12.7. The fourth-order valence-corrected chi connectivity index (χ4v) is 3.81. The number of hydrogen-bond donors (Lipinski definition) is 3. The lowest BCUT2D eigenvalue weighted by molar-refractivity contribution is 0.0693. The lowest BCUT2D eigenvalue weighted by Crippen LogP contribution is -2.40. The summed E-state index contributed by atoms with van der Waals surface area (Å²) >= 11 is 5.78. The maximum atomic E-state index is 12.7. The monoisotopic (exact) mass is 396 g/mol. The highest BCUT2D eigenvalue weighted by Gasteiger charge is 2.25. The second kappa shape index (κ2) is 6.00. The van der Waals surface area contributed by atoms with Gasteiger partial charge in [0.15, 0.2) is 0 Å². The number of nitrogens with zero attached hydrogens (tertiary/aromatic N) is 1. The van der Waals surface area contributed by atoms with Gasteiger partial charge in [-0.15, -0.1) is 3.97 Å². The fourth-order valence-electron chi connectivity index (χ4n) is 2.34. The Bertz CT molecular complexity index is 1290. The molecule has 11 heteroatoms. The van der Waals surface area contributed by atoms with E-state index in [2.05, 4.69) is 4.98 Å². The van der Waals surface area contributed by atoms with Gasteiger partial charge in [-0.2, -0.15) is 0 Å². The first-order valence-corrected chi connectivity index (χ1v) is 8.71. The molecule has 0 aliphatic heterocycles. The highest BCUT2D eigenvalue weighted by molar-refractivity contribution is 7.90. The van der Waals surface area contributed by atoms with Crippen LogP contribution in [0.25, 0.3) is 10.9 Å². The number of aromatic amines is 1. The summed E-state index contributed by atoms with van der Waals surface area (Å²) < 4.78 is 25.4. The molecule has 0 unspecified atom stereocenters. The molecule has 26 heavy (non-hydrogen) atoms. The van der Waals surface area contributed by atoms with Gasteiger partial charge in [0.25, 0.3) is 15.6 Å². The molecule has 0 bridgehead atoms. The van der Waals surface area contributed by atoms with Gasteiger partial charge in [-0.25, -0.2) is 18.0 Å². The van der Waals surface area contributed by atoms with E-state index in [1.807, 2.05) is 0 Å². The molecule has 134 valence electrons. The topological polar surface area (TPSA) is 147 Å². The minimum absolute atomic E-state index is 0.0126. The predicted octanol–water partition coefficient (Wildman–Crippen LogP) is 0.984. The van der Waals surface area contributed by atoms with Crippen LogP contribution in [0.5, 0.6) is 5.75 Å². The molecule has 3 aromatic rings. The number of fused-ring (bicyclic) bond motifs is 1. The van der Waals surface area contributed by atoms with E-state index in [4.69, 9.17) is 16.7 Å². The summed E-state index contributed by atoms with van der Waals surface area (Å²) in [7, 11) is -4.72. The number of hydrogen-bond acceptors (Lipinski definition) is 6. The summed E-state index contributed by atoms with van der Waals surface area (Å²) in [5, 5.41) is 18.6. The average Bonchev–Trinajstić information content (AvgIpc) is 2.54. The molecule has 9 nitrogen and oxygen atoms in total. The molecule has 0 atom stereocenters. The van der Waals surface area contributed by atoms with E-state index in [0.29, 0.717) is 6.07 Å². The van der Waals surface area contributed by atoms with Gasteiger partial charge < -0.3 is 15.2 Å². The lowest BCUT2D eigenvalue weighted by Gasteiger charge is -2.09. The van der Waals surface area contributed by atoms with Crippen molar-refractivity contribution >= 4 is 38.5 Å². The van der Waals surface area contributed by atoms with Crippen molar-refractivity contribution in [1.82, 2.24) is 8.96 Å². The van der Waals surface area contributed by atoms with Crippen LogP contribution in [0.1, 0.15) is 10.4 Å². The molecule has 0 aliphatic rings. The van der Waals surface area contributed by atoms with Crippen LogP contribution < -0.4 is 11.2 Å². The standard InChI is InChI=1S/C15H9ClN2O7S/c16-7-1-3-9-11(5-7)17-15(23)18(13(9)20)26(24,25)8-2-4-12(19)10(6-8)14(21)22/h1-6,19H,(H,17,23)(H,21,22). The number of phenols is 1. The van der Waals surface area contributed by atoms with Crippen LogP contribution in [-0.2, 0) is 10.0 Å². The normalized spacial score (nSPS) is 11.6. The van der Waals surface area contributed by atoms with Crippen molar-refractivity contribution in [1.29, 1.82) is 0 Å². The highest BCUT2D eigenvalue weighted by atomic mass is 35.5. The fraction of sp³-hybridized carbons (Fsp3) is 0. The molecular weight excluding hydrogens is 388 g/mol. The van der Waals surface area contributed by atoms with E-state index >= 15 is 0 Å². The van der Waals surface area contributed by atoms with Crippen LogP contribution in [0.2, 0.25) is 5.02 Å². The first kappa shape index (κ1) is 17.7. The van der Waals surface area contributed by atoms with Crippen molar-refractivity contribution in [2.75, 3.05) is 0 Å². The molecule has 0 spiro atoms. The third-order valence-corrected chi connectivity index (χ3v) is 5.46. The van der Waals surface area contributed by atoms with E-state index in [0.717, 1.165) is 12.1 Å². The number of aromatic carboxylic acids is 1. The van der Waals surface area contributed by atoms with E-state index < -0.39 is 43.5 Å². The van der Waals surface area contributed by atoms with Gasteiger partial charge in [-0.3, -0.25) is 4.79 Å². The van der Waals surface area contributed by atoms with E-state index in [1.54, 1.807) is 0 Å². The van der Waals surface area contributed by atoms with Crippen molar-refractivity contribution in [3.63, 3.8) is 0 Å². The summed E-state index contributed by atoms with van der Waals surface area (Å²) in [6.07, 6.45) is 0. The number of nitrogens with one attached hydrogen (secondary N) is 1. The quantitative estimate of drug-likeness (QED) is 0.598. The summed E-state index contributed by atoms with van der Waals surface area (Å²) in [6.45, 7) is 0. The smallest absolute Gasteiger partial charge is 0.343 e. The Morgan fingerprint density at radius 3 is 2.46 bits per heavy atom. The van der Waals surface area contributed by atoms with Gasteiger partial charge in [-0.05, 0) is 36.4 Å². The number of aromatic nitrogens is 2. The van der Waals surface area contributed by atoms with Crippen molar-refractivity contribution < 1.29 is 23.4 Å². The number of H-pyrrole nitrogens is 1. The summed E-state index contributed by atoms with van der Waals surface area (Å²) in [5.41, 5.74) is -3.00. The third-order valence-electron chi connectivity index (χ3n) is 3.56. The molecule has 0 saturated heterocycles. The minimum atomic E-state index is -4.72. The molecule has 3 N–H and O–H groups in total. The van der Waals surface area contributed by atoms with Crippen LogP contribution in [-0.4, -0.2) is 33.6 Å². The van der Waals surface area contributed by atoms with Crippen LogP contribution in [0.15, 0.2) is 50.9 Å². The van der Waals surface area contributed by atoms with Gasteiger partial charge >= 0.3 is 11.7 Å². The van der Waals surface area contributed by atoms with Gasteiger partial charge in [0.2, 0.25) is 0 Å². The zero-order chi connectivity index (χ0) is 19.2. The molecular formula is C15H9ClN2O7S. The molecule has 1 heterocycles. The Morgan fingerprint density at radius 1 is 1.12 bits per heavy atom. The molecule has 1 aromatic heterocycles. The Balaban J connectivity index is 2.34. The molecule has 0 radical (unpaired) electrons. The van der Waals surface area contributed by atoms with Crippen molar-refractivity contribution in [2.24, 2.45) is 0 Å². The summed E-state index contributed by atoms with van der Waals surface area (Å²) in [4.78, 5) is 37.4. The molecule has 2 aromatic carbocycles. The van der Waals surface area contributed by atoms with Crippen LogP contribution in [0, 0.1) is 0 Å². The number of benzene rings is 2. The Morgan fingerprint density at radius 2 is 1.81 bits per heavy atom. The van der Waals surface area contributed by atoms with Crippen LogP contribution in [0.4, 0.5) is 0 Å². The Kier molecular flexibility index (Phi) is 4.09. The molecule has 0 amide bonds. The lowest BCUT2D eigenvalue weighted by atomic mass is 10.2. The van der Waals surface area contributed by atoms with Gasteiger partial charge in [-0.1, -0.05) is 11.6 Å². The number of halogens is 1. The minimum Gasteiger partial charge on any atom is -0.507 e. The number of carboxylic acid groups (broad SMARTS) is 1. The van der Waals surface area contributed by atoms with Crippen molar-refractivity contribution in [2.45, 2.75) is 4.90 Å². The highest BCUT2D eigenvalue weighted by Crippen LogP contribution is 2.22. The first-order valence-electron chi connectivity index (χ1n) is 6.89. The zero-order valence-electron chi connectivity index (χ0n) is 12.6. The van der Waals surface area contributed by atoms with Gasteiger partial charge in [0, 0.05) is 5.02 Å². The average molecular weight is 397 g/mol. The largest absolute Gasteiger partial charge is 0.507 e. The zero-order valence-corrected chi connectivity index (χ0v) is 14.2. The van der Waals surface area contributed by atoms with E-state index in [-0.39, 0.29) is 19.9 Å². The second-order valence-electron chi connectivity index (χ2n) is 5.18. The van der Waals surface area contributed by atoms with Crippen molar-refractivity contribution in [3.05, 3.63) is 67.8 Å². The number of rotatable bonds is 3. The van der Waals surface area contributed by atoms with Gasteiger partial charge in [0.1, 0.15) is 11.3 Å². The molecule has 0 fully saturated rings. The number of aromatic hydroxyl groups is 1. The Labute approximate surface area is 149 Å². The van der Waals surface area contributed by atoms with E-state index in [1.165, 1.54) is 18.2 Å². The third kappa shape index (κ3) is 2.74. The molecule has 3 rings (SSSR count). The van der Waals surface area contributed by atoms with Crippen LogP contribution >= 0.6 is 11.6 Å². The van der Waals surface area contributed by atoms with Gasteiger partial charge in [0.05, 0.1) is 15.8 Å². The maximum Gasteiger partial charge on any atom is 0.343 e.